The number of rotatable bonds is 3. The van der Waals surface area contributed by atoms with Crippen molar-refractivity contribution >= 4 is 11.8 Å². The molecule has 0 spiro atoms. The fraction of sp³-hybridized carbons (Fsp3) is 0.294. The normalized spacial score (nSPS) is 14.6. The van der Waals surface area contributed by atoms with Gasteiger partial charge in [0.2, 0.25) is 0 Å². The van der Waals surface area contributed by atoms with Gasteiger partial charge < -0.3 is 19.0 Å². The Bertz CT molecular complexity index is 737. The zero-order valence-electron chi connectivity index (χ0n) is 13.2. The van der Waals surface area contributed by atoms with Crippen LogP contribution in [0.25, 0.3) is 0 Å². The highest BCUT2D eigenvalue weighted by Gasteiger charge is 2.26. The molecule has 0 aliphatic carbocycles. The van der Waals surface area contributed by atoms with Crippen molar-refractivity contribution in [3.05, 3.63) is 53.7 Å². The summed E-state index contributed by atoms with van der Waals surface area (Å²) in [4.78, 5) is 27.9. The predicted octanol–water partition coefficient (Wildman–Crippen LogP) is 2.03. The summed E-state index contributed by atoms with van der Waals surface area (Å²) in [5.74, 6) is -0.647. The minimum absolute atomic E-state index is 0.0976. The van der Waals surface area contributed by atoms with Gasteiger partial charge in [0.15, 0.2) is 17.3 Å². The van der Waals surface area contributed by atoms with Crippen LogP contribution in [0, 0.1) is 5.82 Å². The largest absolute Gasteiger partial charge is 0.494 e. The average molecular weight is 332 g/mol. The maximum atomic E-state index is 13.7. The Morgan fingerprint density at radius 1 is 1.08 bits per heavy atom. The predicted molar refractivity (Wildman–Crippen MR) is 83.5 cm³/mol. The molecule has 0 N–H and O–H groups in total. The molecule has 3 rings (SSSR count). The van der Waals surface area contributed by atoms with Crippen LogP contribution in [-0.2, 0) is 0 Å². The first-order chi connectivity index (χ1) is 11.6. The van der Waals surface area contributed by atoms with Crippen molar-refractivity contribution in [3.63, 3.8) is 0 Å². The third-order valence-corrected chi connectivity index (χ3v) is 3.98. The van der Waals surface area contributed by atoms with E-state index in [9.17, 15) is 14.0 Å². The van der Waals surface area contributed by atoms with Gasteiger partial charge in [-0.15, -0.1) is 0 Å². The van der Waals surface area contributed by atoms with Crippen molar-refractivity contribution in [1.82, 2.24) is 9.80 Å². The van der Waals surface area contributed by atoms with Crippen LogP contribution in [0.4, 0.5) is 4.39 Å². The molecule has 6 nitrogen and oxygen atoms in total. The highest BCUT2D eigenvalue weighted by Crippen LogP contribution is 2.19. The van der Waals surface area contributed by atoms with Gasteiger partial charge in [-0.1, -0.05) is 0 Å². The van der Waals surface area contributed by atoms with E-state index < -0.39 is 5.82 Å². The molecule has 2 amide bonds. The fourth-order valence-electron chi connectivity index (χ4n) is 2.65. The van der Waals surface area contributed by atoms with Crippen molar-refractivity contribution in [2.75, 3.05) is 33.3 Å². The summed E-state index contributed by atoms with van der Waals surface area (Å²) < 4.78 is 23.7. The Hall–Kier alpha value is -2.83. The highest BCUT2D eigenvalue weighted by molar-refractivity contribution is 5.95. The highest BCUT2D eigenvalue weighted by atomic mass is 19.1. The number of hydrogen-bond donors (Lipinski definition) is 0. The van der Waals surface area contributed by atoms with Gasteiger partial charge in [0.1, 0.15) is 0 Å². The van der Waals surface area contributed by atoms with E-state index in [0.29, 0.717) is 26.2 Å². The zero-order chi connectivity index (χ0) is 17.1. The minimum Gasteiger partial charge on any atom is -0.494 e. The molecule has 0 atom stereocenters. The fourth-order valence-corrected chi connectivity index (χ4v) is 2.65. The third-order valence-electron chi connectivity index (χ3n) is 3.98. The summed E-state index contributed by atoms with van der Waals surface area (Å²) in [6.07, 6.45) is 1.45. The topological polar surface area (TPSA) is 63.0 Å². The van der Waals surface area contributed by atoms with E-state index in [2.05, 4.69) is 0 Å². The first-order valence-electron chi connectivity index (χ1n) is 7.55. The summed E-state index contributed by atoms with van der Waals surface area (Å²) in [6.45, 7) is 1.59. The smallest absolute Gasteiger partial charge is 0.289 e. The Labute approximate surface area is 138 Å². The van der Waals surface area contributed by atoms with E-state index in [1.807, 2.05) is 0 Å². The number of benzene rings is 1. The summed E-state index contributed by atoms with van der Waals surface area (Å²) in [5.41, 5.74) is 0.263. The van der Waals surface area contributed by atoms with Gasteiger partial charge in [0.25, 0.3) is 11.8 Å². The molecule has 7 heteroatoms. The van der Waals surface area contributed by atoms with Crippen LogP contribution in [0.15, 0.2) is 41.0 Å². The molecular weight excluding hydrogens is 315 g/mol. The average Bonchev–Trinajstić information content (AvgIpc) is 3.15. The second-order valence-electron chi connectivity index (χ2n) is 5.41. The van der Waals surface area contributed by atoms with Crippen molar-refractivity contribution in [1.29, 1.82) is 0 Å². The lowest BCUT2D eigenvalue weighted by molar-refractivity contribution is 0.0518. The number of halogens is 1. The van der Waals surface area contributed by atoms with Crippen LogP contribution in [0.5, 0.6) is 5.75 Å². The van der Waals surface area contributed by atoms with Crippen LogP contribution >= 0.6 is 0 Å². The van der Waals surface area contributed by atoms with Gasteiger partial charge in [-0.25, -0.2) is 4.39 Å². The molecule has 2 heterocycles. The SMILES string of the molecule is COc1ccc(C(=O)N2CCN(C(=O)c3ccco3)CC2)cc1F. The van der Waals surface area contributed by atoms with Crippen LogP contribution in [0.2, 0.25) is 0 Å². The van der Waals surface area contributed by atoms with Crippen molar-refractivity contribution in [2.45, 2.75) is 0 Å². The lowest BCUT2D eigenvalue weighted by Gasteiger charge is -2.34. The number of nitrogens with zero attached hydrogens (tertiary/aromatic N) is 2. The number of ether oxygens (including phenoxy) is 1. The quantitative estimate of drug-likeness (QED) is 0.863. The standard InChI is InChI=1S/C17H17FN2O4/c1-23-14-5-4-12(11-13(14)18)16(21)19-6-8-20(9-7-19)17(22)15-3-2-10-24-15/h2-5,10-11H,6-9H2,1H3. The van der Waals surface area contributed by atoms with Crippen LogP contribution in [0.3, 0.4) is 0 Å². The number of furan rings is 1. The Morgan fingerprint density at radius 2 is 1.75 bits per heavy atom. The molecule has 1 aliphatic heterocycles. The van der Waals surface area contributed by atoms with Crippen molar-refractivity contribution in [2.24, 2.45) is 0 Å². The number of carbonyl (C=O) groups is 2. The van der Waals surface area contributed by atoms with Gasteiger partial charge in [0, 0.05) is 31.7 Å². The third kappa shape index (κ3) is 3.10. The molecule has 0 saturated carbocycles. The molecule has 1 aliphatic rings. The van der Waals surface area contributed by atoms with Gasteiger partial charge >= 0.3 is 0 Å². The Kier molecular flexibility index (Phi) is 4.50. The van der Waals surface area contributed by atoms with Gasteiger partial charge in [0.05, 0.1) is 13.4 Å². The molecule has 2 aromatic rings. The molecular formula is C17H17FN2O4. The van der Waals surface area contributed by atoms with Gasteiger partial charge in [-0.3, -0.25) is 9.59 Å². The maximum Gasteiger partial charge on any atom is 0.289 e. The summed E-state index contributed by atoms with van der Waals surface area (Å²) >= 11 is 0. The second-order valence-corrected chi connectivity index (χ2v) is 5.41. The zero-order valence-corrected chi connectivity index (χ0v) is 13.2. The number of methoxy groups -OCH3 is 1. The number of carbonyl (C=O) groups excluding carboxylic acids is 2. The number of hydrogen-bond acceptors (Lipinski definition) is 4. The molecule has 126 valence electrons. The summed E-state index contributed by atoms with van der Waals surface area (Å²) in [6, 6.07) is 7.40. The van der Waals surface area contributed by atoms with Crippen molar-refractivity contribution in [3.8, 4) is 5.75 Å². The van der Waals surface area contributed by atoms with Gasteiger partial charge in [-0.2, -0.15) is 0 Å². The molecule has 0 unspecified atom stereocenters. The van der Waals surface area contributed by atoms with E-state index >= 15 is 0 Å². The number of amides is 2. The Morgan fingerprint density at radius 3 is 2.29 bits per heavy atom. The van der Waals surface area contributed by atoms with Gasteiger partial charge in [-0.05, 0) is 30.3 Å². The number of piperazine rings is 1. The monoisotopic (exact) mass is 332 g/mol. The summed E-state index contributed by atoms with van der Waals surface area (Å²) in [5, 5.41) is 0. The Balaban J connectivity index is 1.63. The molecule has 1 saturated heterocycles. The molecule has 1 fully saturated rings. The van der Waals surface area contributed by atoms with Crippen molar-refractivity contribution < 1.29 is 23.1 Å². The first kappa shape index (κ1) is 16.0. The molecule has 24 heavy (non-hydrogen) atoms. The lowest BCUT2D eigenvalue weighted by atomic mass is 10.1. The molecule has 0 bridgehead atoms. The molecule has 1 aromatic carbocycles. The van der Waals surface area contributed by atoms with E-state index in [1.54, 1.807) is 21.9 Å². The second kappa shape index (κ2) is 6.74. The lowest BCUT2D eigenvalue weighted by Crippen LogP contribution is -2.50. The van der Waals surface area contributed by atoms with Crippen LogP contribution in [-0.4, -0.2) is 54.9 Å². The van der Waals surface area contributed by atoms with E-state index in [4.69, 9.17) is 9.15 Å². The van der Waals surface area contributed by atoms with Crippen LogP contribution < -0.4 is 4.74 Å². The minimum atomic E-state index is -0.574. The van der Waals surface area contributed by atoms with E-state index in [1.165, 1.54) is 31.6 Å². The maximum absolute atomic E-state index is 13.7. The first-order valence-corrected chi connectivity index (χ1v) is 7.55. The summed E-state index contributed by atoms with van der Waals surface area (Å²) in [7, 11) is 1.37. The van der Waals surface area contributed by atoms with E-state index in [0.717, 1.165) is 0 Å². The van der Waals surface area contributed by atoms with E-state index in [-0.39, 0.29) is 28.9 Å². The van der Waals surface area contributed by atoms with Crippen LogP contribution in [0.1, 0.15) is 20.9 Å². The molecule has 1 aromatic heterocycles. The molecule has 0 radical (unpaired) electrons.